The van der Waals surface area contributed by atoms with Crippen LogP contribution in [-0.4, -0.2) is 65.0 Å². The van der Waals surface area contributed by atoms with Crippen molar-refractivity contribution in [3.05, 3.63) is 35.4 Å². The molecule has 1 aliphatic carbocycles. The van der Waals surface area contributed by atoms with Gasteiger partial charge in [0, 0.05) is 31.7 Å². The summed E-state index contributed by atoms with van der Waals surface area (Å²) in [6, 6.07) is 7.51. The maximum absolute atomic E-state index is 12.9. The van der Waals surface area contributed by atoms with Crippen LogP contribution in [-0.2, 0) is 9.53 Å². The van der Waals surface area contributed by atoms with Crippen LogP contribution in [0.4, 0.5) is 4.79 Å². The molecule has 1 saturated heterocycles. The number of benzene rings is 1. The van der Waals surface area contributed by atoms with Crippen molar-refractivity contribution in [1.29, 1.82) is 0 Å². The average Bonchev–Trinajstić information content (AvgIpc) is 3.40. The number of carbonyl (C=O) groups is 3. The van der Waals surface area contributed by atoms with Crippen LogP contribution >= 0.6 is 0 Å². The standard InChI is InChI=1S/C21H29N3O4/c1-15-5-7-16(8-6-15)17(25)23-11-13-24(14-12-23)18(26)21(9-10-21)22-19(27)28-20(2,3)4/h5-8H,9-14H2,1-4H3,(H,22,27). The molecule has 2 fully saturated rings. The lowest BCUT2D eigenvalue weighted by Crippen LogP contribution is -2.57. The number of rotatable bonds is 3. The summed E-state index contributed by atoms with van der Waals surface area (Å²) in [5.74, 6) is -0.0964. The van der Waals surface area contributed by atoms with Crippen molar-refractivity contribution in [2.75, 3.05) is 26.2 Å². The van der Waals surface area contributed by atoms with E-state index in [1.165, 1.54) is 0 Å². The first-order valence-corrected chi connectivity index (χ1v) is 9.76. The van der Waals surface area contributed by atoms with Gasteiger partial charge in [-0.15, -0.1) is 0 Å². The van der Waals surface area contributed by atoms with Gasteiger partial charge in [-0.1, -0.05) is 17.7 Å². The van der Waals surface area contributed by atoms with Crippen molar-refractivity contribution in [1.82, 2.24) is 15.1 Å². The topological polar surface area (TPSA) is 79.0 Å². The van der Waals surface area contributed by atoms with Crippen molar-refractivity contribution in [2.24, 2.45) is 0 Å². The second kappa shape index (κ2) is 7.45. The smallest absolute Gasteiger partial charge is 0.408 e. The first kappa shape index (κ1) is 20.2. The molecule has 1 saturated carbocycles. The van der Waals surface area contributed by atoms with Gasteiger partial charge in [0.2, 0.25) is 5.91 Å². The van der Waals surface area contributed by atoms with Gasteiger partial charge < -0.3 is 19.9 Å². The summed E-state index contributed by atoms with van der Waals surface area (Å²) >= 11 is 0. The quantitative estimate of drug-likeness (QED) is 0.863. The first-order valence-electron chi connectivity index (χ1n) is 9.76. The number of alkyl carbamates (subject to hydrolysis) is 1. The molecule has 0 unspecified atom stereocenters. The van der Waals surface area contributed by atoms with Crippen LogP contribution in [0.15, 0.2) is 24.3 Å². The molecule has 0 atom stereocenters. The third kappa shape index (κ3) is 4.64. The monoisotopic (exact) mass is 387 g/mol. The summed E-state index contributed by atoms with van der Waals surface area (Å²) in [6.45, 7) is 9.26. The number of nitrogens with zero attached hydrogens (tertiary/aromatic N) is 2. The number of nitrogens with one attached hydrogen (secondary N) is 1. The number of hydrogen-bond donors (Lipinski definition) is 1. The van der Waals surface area contributed by atoms with Crippen molar-refractivity contribution in [3.63, 3.8) is 0 Å². The summed E-state index contributed by atoms with van der Waals surface area (Å²) in [4.78, 5) is 41.1. The van der Waals surface area contributed by atoms with Crippen molar-refractivity contribution in [3.8, 4) is 0 Å². The highest BCUT2D eigenvalue weighted by Crippen LogP contribution is 2.38. The van der Waals surface area contributed by atoms with Crippen LogP contribution in [0, 0.1) is 6.92 Å². The lowest BCUT2D eigenvalue weighted by Gasteiger charge is -2.36. The maximum atomic E-state index is 12.9. The minimum atomic E-state index is -0.842. The van der Waals surface area contributed by atoms with Gasteiger partial charge in [-0.05, 0) is 52.7 Å². The average molecular weight is 387 g/mol. The van der Waals surface area contributed by atoms with Gasteiger partial charge in [-0.25, -0.2) is 4.79 Å². The predicted molar refractivity (Wildman–Crippen MR) is 105 cm³/mol. The van der Waals surface area contributed by atoms with E-state index < -0.39 is 17.2 Å². The summed E-state index contributed by atoms with van der Waals surface area (Å²) in [6.07, 6.45) is 0.674. The minimum absolute atomic E-state index is 0.0138. The second-order valence-corrected chi connectivity index (χ2v) is 8.66. The zero-order valence-electron chi connectivity index (χ0n) is 17.1. The molecule has 152 valence electrons. The molecule has 7 heteroatoms. The van der Waals surface area contributed by atoms with E-state index in [9.17, 15) is 14.4 Å². The molecule has 2 aliphatic rings. The normalized spacial score (nSPS) is 18.4. The number of hydrogen-bond acceptors (Lipinski definition) is 4. The van der Waals surface area contributed by atoms with Gasteiger partial charge in [0.15, 0.2) is 0 Å². The Balaban J connectivity index is 1.54. The van der Waals surface area contributed by atoms with Gasteiger partial charge in [-0.3, -0.25) is 9.59 Å². The van der Waals surface area contributed by atoms with Crippen LogP contribution in [0.3, 0.4) is 0 Å². The highest BCUT2D eigenvalue weighted by atomic mass is 16.6. The molecule has 0 bridgehead atoms. The Hall–Kier alpha value is -2.57. The number of ether oxygens (including phenoxy) is 1. The molecule has 0 radical (unpaired) electrons. The molecule has 7 nitrogen and oxygen atoms in total. The van der Waals surface area contributed by atoms with Crippen molar-refractivity contribution in [2.45, 2.75) is 51.7 Å². The van der Waals surface area contributed by atoms with Crippen molar-refractivity contribution < 1.29 is 19.1 Å². The lowest BCUT2D eigenvalue weighted by atomic mass is 10.1. The fourth-order valence-electron chi connectivity index (χ4n) is 3.31. The van der Waals surface area contributed by atoms with Crippen LogP contribution in [0.5, 0.6) is 0 Å². The summed E-state index contributed by atoms with van der Waals surface area (Å²) in [5.41, 5.74) is 0.325. The van der Waals surface area contributed by atoms with Gasteiger partial charge in [0.05, 0.1) is 0 Å². The van der Waals surface area contributed by atoms with Gasteiger partial charge in [-0.2, -0.15) is 0 Å². The first-order chi connectivity index (χ1) is 13.1. The molecule has 28 heavy (non-hydrogen) atoms. The summed E-state index contributed by atoms with van der Waals surface area (Å²) < 4.78 is 5.28. The van der Waals surface area contributed by atoms with Gasteiger partial charge in [0.1, 0.15) is 11.1 Å². The van der Waals surface area contributed by atoms with Gasteiger partial charge in [0.25, 0.3) is 5.91 Å². The molecule has 0 spiro atoms. The van der Waals surface area contributed by atoms with Crippen LogP contribution < -0.4 is 5.32 Å². The zero-order valence-corrected chi connectivity index (χ0v) is 17.1. The Labute approximate surface area is 166 Å². The van der Waals surface area contributed by atoms with E-state index in [-0.39, 0.29) is 11.8 Å². The van der Waals surface area contributed by atoms with E-state index in [0.29, 0.717) is 44.6 Å². The molecule has 3 rings (SSSR count). The largest absolute Gasteiger partial charge is 0.444 e. The Kier molecular flexibility index (Phi) is 5.37. The molecular formula is C21H29N3O4. The van der Waals surface area contributed by atoms with E-state index in [0.717, 1.165) is 5.56 Å². The lowest BCUT2D eigenvalue weighted by molar-refractivity contribution is -0.136. The number of carbonyl (C=O) groups excluding carboxylic acids is 3. The highest BCUT2D eigenvalue weighted by Gasteiger charge is 2.54. The fraction of sp³-hybridized carbons (Fsp3) is 0.571. The van der Waals surface area contributed by atoms with Crippen LogP contribution in [0.1, 0.15) is 49.5 Å². The molecule has 3 amide bonds. The number of amides is 3. The third-order valence-corrected chi connectivity index (χ3v) is 5.05. The van der Waals surface area contributed by atoms with E-state index in [4.69, 9.17) is 4.74 Å². The van der Waals surface area contributed by atoms with E-state index >= 15 is 0 Å². The van der Waals surface area contributed by atoms with E-state index in [1.807, 2.05) is 31.2 Å². The molecule has 1 aromatic rings. The second-order valence-electron chi connectivity index (χ2n) is 8.66. The van der Waals surface area contributed by atoms with Crippen LogP contribution in [0.2, 0.25) is 0 Å². The van der Waals surface area contributed by atoms with Crippen LogP contribution in [0.25, 0.3) is 0 Å². The van der Waals surface area contributed by atoms with Crippen molar-refractivity contribution >= 4 is 17.9 Å². The minimum Gasteiger partial charge on any atom is -0.444 e. The Bertz CT molecular complexity index is 755. The highest BCUT2D eigenvalue weighted by molar-refractivity contribution is 5.95. The third-order valence-electron chi connectivity index (χ3n) is 5.05. The van der Waals surface area contributed by atoms with E-state index in [1.54, 1.807) is 30.6 Å². The zero-order chi connectivity index (χ0) is 20.5. The Morgan fingerprint density at radius 3 is 2.00 bits per heavy atom. The molecule has 1 aliphatic heterocycles. The summed E-state index contributed by atoms with van der Waals surface area (Å²) in [7, 11) is 0. The molecule has 1 N–H and O–H groups in total. The molecule has 1 heterocycles. The molecular weight excluding hydrogens is 358 g/mol. The van der Waals surface area contributed by atoms with E-state index in [2.05, 4.69) is 5.32 Å². The number of aryl methyl sites for hydroxylation is 1. The Morgan fingerprint density at radius 2 is 1.50 bits per heavy atom. The SMILES string of the molecule is Cc1ccc(C(=O)N2CCN(C(=O)C3(NC(=O)OC(C)(C)C)CC3)CC2)cc1. The maximum Gasteiger partial charge on any atom is 0.408 e. The Morgan fingerprint density at radius 1 is 0.964 bits per heavy atom. The predicted octanol–water partition coefficient (Wildman–Crippen LogP) is 2.34. The number of piperazine rings is 1. The molecule has 0 aromatic heterocycles. The van der Waals surface area contributed by atoms with Gasteiger partial charge >= 0.3 is 6.09 Å². The molecule has 1 aromatic carbocycles. The fourth-order valence-corrected chi connectivity index (χ4v) is 3.31. The summed E-state index contributed by atoms with van der Waals surface area (Å²) in [5, 5.41) is 2.75.